The average molecular weight is 352 g/mol. The van der Waals surface area contributed by atoms with E-state index in [4.69, 9.17) is 0 Å². The highest BCUT2D eigenvalue weighted by Crippen LogP contribution is 2.18. The van der Waals surface area contributed by atoms with Gasteiger partial charge in [-0.05, 0) is 25.0 Å². The summed E-state index contributed by atoms with van der Waals surface area (Å²) < 4.78 is 28.7. The Labute approximate surface area is 143 Å². The lowest BCUT2D eigenvalue weighted by Gasteiger charge is -2.36. The van der Waals surface area contributed by atoms with E-state index in [-0.39, 0.29) is 5.91 Å². The Morgan fingerprint density at radius 1 is 0.875 bits per heavy atom. The number of piperazine rings is 1. The zero-order valence-corrected chi connectivity index (χ0v) is 14.6. The Balaban J connectivity index is 1.61. The lowest BCUT2D eigenvalue weighted by Crippen LogP contribution is -2.54. The molecule has 0 radical (unpaired) electrons. The fourth-order valence-electron chi connectivity index (χ4n) is 3.21. The van der Waals surface area contributed by atoms with E-state index < -0.39 is 10.2 Å². The molecule has 1 aromatic heterocycles. The summed E-state index contributed by atoms with van der Waals surface area (Å²) in [6.07, 6.45) is 5.64. The van der Waals surface area contributed by atoms with Crippen molar-refractivity contribution in [3.63, 3.8) is 0 Å². The molecular formula is C16H24N4O3S. The van der Waals surface area contributed by atoms with Gasteiger partial charge in [0.2, 0.25) is 0 Å². The summed E-state index contributed by atoms with van der Waals surface area (Å²) in [5.41, 5.74) is 0.404. The van der Waals surface area contributed by atoms with Crippen molar-refractivity contribution in [3.05, 3.63) is 30.1 Å². The second-order valence-corrected chi connectivity index (χ2v) is 8.16. The van der Waals surface area contributed by atoms with Crippen molar-refractivity contribution in [1.29, 1.82) is 0 Å². The maximum Gasteiger partial charge on any atom is 0.282 e. The van der Waals surface area contributed by atoms with Gasteiger partial charge < -0.3 is 4.90 Å². The SMILES string of the molecule is O=C(c1ccccn1)N1CCN(S(=O)(=O)N2CCCCCC2)CC1. The topological polar surface area (TPSA) is 73.8 Å². The van der Waals surface area contributed by atoms with E-state index in [1.165, 1.54) is 4.31 Å². The first-order valence-electron chi connectivity index (χ1n) is 8.54. The maximum absolute atomic E-state index is 12.8. The average Bonchev–Trinajstić information content (AvgIpc) is 2.92. The largest absolute Gasteiger partial charge is 0.335 e. The fourth-order valence-corrected chi connectivity index (χ4v) is 4.88. The van der Waals surface area contributed by atoms with E-state index in [0.29, 0.717) is 45.0 Å². The van der Waals surface area contributed by atoms with Crippen molar-refractivity contribution in [1.82, 2.24) is 18.5 Å². The van der Waals surface area contributed by atoms with Crippen molar-refractivity contribution in [3.8, 4) is 0 Å². The Morgan fingerprint density at radius 3 is 2.08 bits per heavy atom. The highest BCUT2D eigenvalue weighted by molar-refractivity contribution is 7.86. The highest BCUT2D eigenvalue weighted by Gasteiger charge is 2.33. The summed E-state index contributed by atoms with van der Waals surface area (Å²) in [5.74, 6) is -0.137. The van der Waals surface area contributed by atoms with E-state index in [2.05, 4.69) is 4.98 Å². The number of amides is 1. The van der Waals surface area contributed by atoms with Crippen LogP contribution < -0.4 is 0 Å². The summed E-state index contributed by atoms with van der Waals surface area (Å²) in [6, 6.07) is 5.23. The molecule has 0 unspecified atom stereocenters. The van der Waals surface area contributed by atoms with E-state index in [9.17, 15) is 13.2 Å². The van der Waals surface area contributed by atoms with Gasteiger partial charge in [0.1, 0.15) is 5.69 Å². The second-order valence-electron chi connectivity index (χ2n) is 6.23. The molecule has 1 aromatic rings. The molecule has 2 saturated heterocycles. The van der Waals surface area contributed by atoms with Crippen LogP contribution in [-0.4, -0.2) is 72.1 Å². The Kier molecular flexibility index (Phi) is 5.47. The third kappa shape index (κ3) is 3.76. The molecule has 0 spiro atoms. The van der Waals surface area contributed by atoms with Crippen LogP contribution >= 0.6 is 0 Å². The van der Waals surface area contributed by atoms with Crippen LogP contribution in [0, 0.1) is 0 Å². The van der Waals surface area contributed by atoms with Gasteiger partial charge in [-0.25, -0.2) is 0 Å². The van der Waals surface area contributed by atoms with Gasteiger partial charge in [0, 0.05) is 45.5 Å². The highest BCUT2D eigenvalue weighted by atomic mass is 32.2. The molecule has 0 aromatic carbocycles. The fraction of sp³-hybridized carbons (Fsp3) is 0.625. The van der Waals surface area contributed by atoms with Crippen molar-refractivity contribution >= 4 is 16.1 Å². The summed E-state index contributed by atoms with van der Waals surface area (Å²) in [6.45, 7) is 2.71. The van der Waals surface area contributed by atoms with Crippen LogP contribution in [0.3, 0.4) is 0 Å². The van der Waals surface area contributed by atoms with Gasteiger partial charge in [-0.1, -0.05) is 18.9 Å². The van der Waals surface area contributed by atoms with Gasteiger partial charge in [-0.15, -0.1) is 0 Å². The van der Waals surface area contributed by atoms with Crippen LogP contribution in [0.1, 0.15) is 36.2 Å². The smallest absolute Gasteiger partial charge is 0.282 e. The lowest BCUT2D eigenvalue weighted by atomic mass is 10.2. The summed E-state index contributed by atoms with van der Waals surface area (Å²) >= 11 is 0. The molecule has 0 bridgehead atoms. The minimum atomic E-state index is -3.41. The molecule has 3 rings (SSSR count). The van der Waals surface area contributed by atoms with Gasteiger partial charge in [0.25, 0.3) is 16.1 Å². The normalized spacial score (nSPS) is 21.4. The second kappa shape index (κ2) is 7.58. The molecule has 7 nitrogen and oxygen atoms in total. The quantitative estimate of drug-likeness (QED) is 0.812. The maximum atomic E-state index is 12.8. The number of pyridine rings is 1. The van der Waals surface area contributed by atoms with Crippen LogP contribution in [0.4, 0.5) is 0 Å². The molecule has 2 aliphatic heterocycles. The molecule has 0 aliphatic carbocycles. The number of nitrogens with zero attached hydrogens (tertiary/aromatic N) is 4. The van der Waals surface area contributed by atoms with E-state index in [0.717, 1.165) is 25.7 Å². The summed E-state index contributed by atoms with van der Waals surface area (Å²) in [5, 5.41) is 0. The molecule has 24 heavy (non-hydrogen) atoms. The molecular weight excluding hydrogens is 328 g/mol. The molecule has 2 fully saturated rings. The number of carbonyl (C=O) groups excluding carboxylic acids is 1. The first-order chi connectivity index (χ1) is 11.6. The first-order valence-corrected chi connectivity index (χ1v) is 9.94. The zero-order chi connectivity index (χ0) is 17.0. The zero-order valence-electron chi connectivity index (χ0n) is 13.8. The molecule has 0 atom stereocenters. The standard InChI is InChI=1S/C16H24N4O3S/c21-16(15-7-3-4-8-17-15)18-11-13-20(14-12-18)24(22,23)19-9-5-1-2-6-10-19/h3-4,7-8H,1-2,5-6,9-14H2. The lowest BCUT2D eigenvalue weighted by molar-refractivity contribution is 0.0688. The molecule has 0 N–H and O–H groups in total. The van der Waals surface area contributed by atoms with Crippen molar-refractivity contribution in [2.24, 2.45) is 0 Å². The Bertz CT molecular complexity index is 649. The Morgan fingerprint density at radius 2 is 1.50 bits per heavy atom. The predicted molar refractivity (Wildman–Crippen MR) is 90.7 cm³/mol. The third-order valence-corrected chi connectivity index (χ3v) is 6.66. The summed E-state index contributed by atoms with van der Waals surface area (Å²) in [7, 11) is -3.41. The number of aromatic nitrogens is 1. The van der Waals surface area contributed by atoms with E-state index in [1.54, 1.807) is 33.6 Å². The van der Waals surface area contributed by atoms with Crippen LogP contribution in [0.5, 0.6) is 0 Å². The molecule has 132 valence electrons. The number of hydrogen-bond donors (Lipinski definition) is 0. The van der Waals surface area contributed by atoms with Crippen molar-refractivity contribution in [2.75, 3.05) is 39.3 Å². The van der Waals surface area contributed by atoms with Crippen LogP contribution in [0.15, 0.2) is 24.4 Å². The number of hydrogen-bond acceptors (Lipinski definition) is 4. The van der Waals surface area contributed by atoms with E-state index >= 15 is 0 Å². The van der Waals surface area contributed by atoms with Crippen LogP contribution in [0.2, 0.25) is 0 Å². The van der Waals surface area contributed by atoms with E-state index in [1.807, 2.05) is 0 Å². The third-order valence-electron chi connectivity index (χ3n) is 4.63. The molecule has 8 heteroatoms. The summed E-state index contributed by atoms with van der Waals surface area (Å²) in [4.78, 5) is 18.1. The molecule has 3 heterocycles. The van der Waals surface area contributed by atoms with Crippen LogP contribution in [0.25, 0.3) is 0 Å². The molecule has 0 saturated carbocycles. The van der Waals surface area contributed by atoms with Gasteiger partial charge in [0.15, 0.2) is 0 Å². The van der Waals surface area contributed by atoms with Gasteiger partial charge in [0.05, 0.1) is 0 Å². The number of rotatable bonds is 3. The van der Waals surface area contributed by atoms with Crippen LogP contribution in [-0.2, 0) is 10.2 Å². The monoisotopic (exact) mass is 352 g/mol. The minimum Gasteiger partial charge on any atom is -0.335 e. The van der Waals surface area contributed by atoms with Crippen molar-refractivity contribution < 1.29 is 13.2 Å². The number of carbonyl (C=O) groups is 1. The molecule has 2 aliphatic rings. The minimum absolute atomic E-state index is 0.137. The van der Waals surface area contributed by atoms with Gasteiger partial charge >= 0.3 is 0 Å². The first kappa shape index (κ1) is 17.3. The molecule has 1 amide bonds. The van der Waals surface area contributed by atoms with Crippen molar-refractivity contribution in [2.45, 2.75) is 25.7 Å². The van der Waals surface area contributed by atoms with Gasteiger partial charge in [-0.3, -0.25) is 9.78 Å². The predicted octanol–water partition coefficient (Wildman–Crippen LogP) is 0.960. The van der Waals surface area contributed by atoms with Gasteiger partial charge in [-0.2, -0.15) is 17.0 Å². The Hall–Kier alpha value is -1.51.